The highest BCUT2D eigenvalue weighted by atomic mass is 16.3. The minimum atomic E-state index is -0.510. The second-order valence-electron chi connectivity index (χ2n) is 4.96. The number of aliphatic hydroxyl groups is 1. The molecule has 0 bridgehead atoms. The molecule has 1 atom stereocenters. The van der Waals surface area contributed by atoms with Gasteiger partial charge in [-0.3, -0.25) is 0 Å². The van der Waals surface area contributed by atoms with Gasteiger partial charge in [-0.05, 0) is 32.9 Å². The predicted octanol–water partition coefficient (Wildman–Crippen LogP) is 0.967. The number of aliphatic hydroxyl groups excluding tert-OH is 1. The minimum absolute atomic E-state index is 0.0727. The molecule has 2 aromatic rings. The fourth-order valence-electron chi connectivity index (χ4n) is 1.51. The van der Waals surface area contributed by atoms with Crippen molar-refractivity contribution in [2.24, 2.45) is 5.41 Å². The van der Waals surface area contributed by atoms with Crippen molar-refractivity contribution in [2.45, 2.75) is 33.4 Å². The molecule has 0 aromatic carbocycles. The van der Waals surface area contributed by atoms with Crippen molar-refractivity contribution in [1.82, 2.24) is 19.8 Å². The fraction of sp³-hybridized carbons (Fsp3) is 0.500. The van der Waals surface area contributed by atoms with E-state index in [2.05, 4.69) is 26.7 Å². The summed E-state index contributed by atoms with van der Waals surface area (Å²) in [4.78, 5) is 0. The van der Waals surface area contributed by atoms with Gasteiger partial charge in [0.1, 0.15) is 12.4 Å². The van der Waals surface area contributed by atoms with Crippen molar-refractivity contribution in [1.29, 1.82) is 5.26 Å². The summed E-state index contributed by atoms with van der Waals surface area (Å²) in [5, 5.41) is 33.4. The number of fused-ring (bicyclic) bond motifs is 1. The molecule has 2 N–H and O–H groups in total. The van der Waals surface area contributed by atoms with Crippen molar-refractivity contribution < 1.29 is 5.11 Å². The zero-order valence-corrected chi connectivity index (χ0v) is 11.1. The Kier molecular flexibility index (Phi) is 3.36. The molecule has 0 saturated carbocycles. The Bertz CT molecular complexity index is 627. The molecule has 7 nitrogen and oxygen atoms in total. The van der Waals surface area contributed by atoms with Crippen molar-refractivity contribution >= 4 is 11.5 Å². The van der Waals surface area contributed by atoms with Crippen LogP contribution in [0.4, 0.5) is 5.82 Å². The maximum atomic E-state index is 9.14. The number of anilines is 1. The molecular formula is C12H16N6O. The quantitative estimate of drug-likeness (QED) is 0.849. The lowest BCUT2D eigenvalue weighted by molar-refractivity contribution is 0.268. The number of nitrogens with zero attached hydrogens (tertiary/aromatic N) is 5. The molecule has 0 aliphatic rings. The van der Waals surface area contributed by atoms with E-state index in [4.69, 9.17) is 10.4 Å². The molecule has 19 heavy (non-hydrogen) atoms. The summed E-state index contributed by atoms with van der Waals surface area (Å²) < 4.78 is 1.48. The highest BCUT2D eigenvalue weighted by Gasteiger charge is 2.25. The molecule has 0 saturated heterocycles. The Labute approximate surface area is 110 Å². The van der Waals surface area contributed by atoms with E-state index in [9.17, 15) is 0 Å². The maximum Gasteiger partial charge on any atom is 0.180 e. The fourth-order valence-corrected chi connectivity index (χ4v) is 1.51. The topological polar surface area (TPSA) is 99.1 Å². The van der Waals surface area contributed by atoms with Gasteiger partial charge in [-0.15, -0.1) is 15.3 Å². The van der Waals surface area contributed by atoms with Gasteiger partial charge < -0.3 is 10.4 Å². The van der Waals surface area contributed by atoms with Crippen LogP contribution in [0.3, 0.4) is 0 Å². The van der Waals surface area contributed by atoms with Crippen molar-refractivity contribution in [3.63, 3.8) is 0 Å². The number of aromatic nitrogens is 4. The van der Waals surface area contributed by atoms with Gasteiger partial charge in [-0.1, -0.05) is 0 Å². The average Bonchev–Trinajstić information content (AvgIpc) is 2.80. The van der Waals surface area contributed by atoms with Crippen molar-refractivity contribution in [3.05, 3.63) is 18.0 Å². The number of hydrogen-bond donors (Lipinski definition) is 2. The van der Waals surface area contributed by atoms with Gasteiger partial charge in [-0.25, -0.2) is 0 Å². The number of hydrogen-bond acceptors (Lipinski definition) is 6. The van der Waals surface area contributed by atoms with Crippen LogP contribution < -0.4 is 5.32 Å². The second-order valence-corrected chi connectivity index (χ2v) is 4.96. The Morgan fingerprint density at radius 1 is 1.47 bits per heavy atom. The lowest BCUT2D eigenvalue weighted by Gasteiger charge is -2.25. The van der Waals surface area contributed by atoms with E-state index in [1.807, 2.05) is 20.8 Å². The van der Waals surface area contributed by atoms with Gasteiger partial charge >= 0.3 is 0 Å². The smallest absolute Gasteiger partial charge is 0.180 e. The summed E-state index contributed by atoms with van der Waals surface area (Å²) in [6.07, 6.45) is 0. The monoisotopic (exact) mass is 260 g/mol. The molecule has 0 fully saturated rings. The molecule has 0 unspecified atom stereocenters. The normalized spacial score (nSPS) is 13.2. The molecule has 7 heteroatoms. The molecule has 0 aliphatic carbocycles. The zero-order valence-electron chi connectivity index (χ0n) is 11.1. The summed E-state index contributed by atoms with van der Waals surface area (Å²) in [7, 11) is 0. The van der Waals surface area contributed by atoms with Gasteiger partial charge in [0.15, 0.2) is 11.5 Å². The van der Waals surface area contributed by atoms with E-state index in [-0.39, 0.29) is 12.6 Å². The van der Waals surface area contributed by atoms with Crippen LogP contribution in [0, 0.1) is 16.7 Å². The Hall–Kier alpha value is -2.20. The first-order chi connectivity index (χ1) is 8.97. The SMILES string of the molecule is C[C@@H](Nc1ccc2nnc(CO)n2n1)C(C)(C)C#N. The van der Waals surface area contributed by atoms with E-state index in [0.29, 0.717) is 17.3 Å². The minimum Gasteiger partial charge on any atom is -0.388 e. The summed E-state index contributed by atoms with van der Waals surface area (Å²) in [5.74, 6) is 0.990. The van der Waals surface area contributed by atoms with Gasteiger partial charge in [0, 0.05) is 6.04 Å². The molecule has 2 aromatic heterocycles. The van der Waals surface area contributed by atoms with Crippen LogP contribution in [-0.4, -0.2) is 31.0 Å². The molecule has 2 heterocycles. The molecule has 0 spiro atoms. The molecule has 0 radical (unpaired) electrons. The van der Waals surface area contributed by atoms with E-state index in [1.54, 1.807) is 12.1 Å². The van der Waals surface area contributed by atoms with Crippen LogP contribution in [0.25, 0.3) is 5.65 Å². The van der Waals surface area contributed by atoms with Crippen LogP contribution in [0.2, 0.25) is 0 Å². The third-order valence-corrected chi connectivity index (χ3v) is 3.20. The molecular weight excluding hydrogens is 244 g/mol. The first-order valence-electron chi connectivity index (χ1n) is 5.98. The average molecular weight is 260 g/mol. The third-order valence-electron chi connectivity index (χ3n) is 3.20. The first kappa shape index (κ1) is 13.2. The summed E-state index contributed by atoms with van der Waals surface area (Å²) in [6.45, 7) is 5.42. The Morgan fingerprint density at radius 3 is 2.84 bits per heavy atom. The summed E-state index contributed by atoms with van der Waals surface area (Å²) in [5.41, 5.74) is 0.0608. The largest absolute Gasteiger partial charge is 0.388 e. The van der Waals surface area contributed by atoms with E-state index < -0.39 is 5.41 Å². The molecule has 0 aliphatic heterocycles. The predicted molar refractivity (Wildman–Crippen MR) is 69.2 cm³/mol. The highest BCUT2D eigenvalue weighted by molar-refractivity contribution is 5.44. The standard InChI is InChI=1S/C12H16N6O/c1-8(12(2,3)7-13)14-9-4-5-10-15-16-11(6-19)18(10)17-9/h4-5,8,19H,6H2,1-3H3,(H,14,17)/t8-/m1/s1. The van der Waals surface area contributed by atoms with E-state index in [0.717, 1.165) is 0 Å². The van der Waals surface area contributed by atoms with Gasteiger partial charge in [0.25, 0.3) is 0 Å². The summed E-state index contributed by atoms with van der Waals surface area (Å²) in [6, 6.07) is 5.71. The van der Waals surface area contributed by atoms with Gasteiger partial charge in [0.2, 0.25) is 0 Å². The van der Waals surface area contributed by atoms with Gasteiger partial charge in [0.05, 0.1) is 11.5 Å². The van der Waals surface area contributed by atoms with Crippen LogP contribution in [0.15, 0.2) is 12.1 Å². The molecule has 2 rings (SSSR count). The van der Waals surface area contributed by atoms with Crippen molar-refractivity contribution in [3.8, 4) is 6.07 Å². The van der Waals surface area contributed by atoms with Crippen LogP contribution in [-0.2, 0) is 6.61 Å². The van der Waals surface area contributed by atoms with Crippen molar-refractivity contribution in [2.75, 3.05) is 5.32 Å². The third kappa shape index (κ3) is 2.48. The summed E-state index contributed by atoms with van der Waals surface area (Å²) >= 11 is 0. The first-order valence-corrected chi connectivity index (χ1v) is 5.98. The van der Waals surface area contributed by atoms with E-state index >= 15 is 0 Å². The molecule has 100 valence electrons. The van der Waals surface area contributed by atoms with Gasteiger partial charge in [-0.2, -0.15) is 9.78 Å². The Morgan fingerprint density at radius 2 is 2.21 bits per heavy atom. The molecule has 0 amide bonds. The number of nitrogens with one attached hydrogen (secondary N) is 1. The lowest BCUT2D eigenvalue weighted by Crippen LogP contribution is -2.32. The number of nitriles is 1. The van der Waals surface area contributed by atoms with Crippen LogP contribution in [0.1, 0.15) is 26.6 Å². The lowest BCUT2D eigenvalue weighted by atomic mass is 9.87. The van der Waals surface area contributed by atoms with Crippen LogP contribution in [0.5, 0.6) is 0 Å². The maximum absolute atomic E-state index is 9.14. The number of rotatable bonds is 4. The second kappa shape index (κ2) is 4.82. The zero-order chi connectivity index (χ0) is 14.0. The Balaban J connectivity index is 2.29. The highest BCUT2D eigenvalue weighted by Crippen LogP contribution is 2.22. The van der Waals surface area contributed by atoms with Crippen LogP contribution >= 0.6 is 0 Å². The van der Waals surface area contributed by atoms with E-state index in [1.165, 1.54) is 4.52 Å².